The number of hydrogen-bond acceptors (Lipinski definition) is 5. The van der Waals surface area contributed by atoms with Crippen LogP contribution in [0.15, 0.2) is 41.4 Å². The summed E-state index contributed by atoms with van der Waals surface area (Å²) in [6.07, 6.45) is 3.90. The molecule has 192 valence electrons. The molecule has 0 atom stereocenters. The van der Waals surface area contributed by atoms with Crippen LogP contribution in [0.5, 0.6) is 0 Å². The molecular formula is C26H30ClFN4O3S. The highest BCUT2D eigenvalue weighted by Gasteiger charge is 2.32. The van der Waals surface area contributed by atoms with Crippen molar-refractivity contribution in [2.75, 3.05) is 36.8 Å². The first-order valence-electron chi connectivity index (χ1n) is 12.2. The highest BCUT2D eigenvalue weighted by atomic mass is 35.5. The van der Waals surface area contributed by atoms with E-state index in [9.17, 15) is 17.6 Å². The highest BCUT2D eigenvalue weighted by Crippen LogP contribution is 2.41. The minimum Gasteiger partial charge on any atom is -0.354 e. The van der Waals surface area contributed by atoms with Crippen LogP contribution in [-0.4, -0.2) is 60.5 Å². The normalized spacial score (nSPS) is 17.1. The summed E-state index contributed by atoms with van der Waals surface area (Å²) in [6, 6.07) is 7.26. The Labute approximate surface area is 215 Å². The lowest BCUT2D eigenvalue weighted by atomic mass is 10.0. The van der Waals surface area contributed by atoms with Crippen LogP contribution < -0.4 is 4.90 Å². The molecule has 3 aromatic rings. The standard InChI is InChI=1S/C26H30ClFN4O3S/c1-26(2,3)16-36(34,35)20-13-19-15-29-24(17-4-5-17)32(19)23(14-20)30-8-10-31(11-9-30)25(33)21-7-6-18(28)12-22(21)27/h6-7,12-15,17H,4-5,8-11,16H2,1-3H3. The molecule has 7 nitrogen and oxygen atoms in total. The van der Waals surface area contributed by atoms with Crippen LogP contribution in [0.3, 0.4) is 0 Å². The third-order valence-corrected chi connectivity index (χ3v) is 9.10. The fraction of sp³-hybridized carbons (Fsp3) is 0.462. The van der Waals surface area contributed by atoms with Crippen molar-refractivity contribution >= 4 is 38.7 Å². The third kappa shape index (κ3) is 4.95. The van der Waals surface area contributed by atoms with E-state index < -0.39 is 15.7 Å². The number of imidazole rings is 1. The first-order valence-corrected chi connectivity index (χ1v) is 14.2. The van der Waals surface area contributed by atoms with Crippen LogP contribution in [0, 0.1) is 11.2 Å². The van der Waals surface area contributed by atoms with Gasteiger partial charge in [0.05, 0.1) is 32.9 Å². The van der Waals surface area contributed by atoms with Crippen molar-refractivity contribution in [3.05, 3.63) is 58.8 Å². The summed E-state index contributed by atoms with van der Waals surface area (Å²) >= 11 is 6.11. The predicted octanol–water partition coefficient (Wildman–Crippen LogP) is 4.79. The van der Waals surface area contributed by atoms with Gasteiger partial charge < -0.3 is 9.80 Å². The lowest BCUT2D eigenvalue weighted by molar-refractivity contribution is 0.0746. The van der Waals surface area contributed by atoms with E-state index in [0.29, 0.717) is 37.0 Å². The van der Waals surface area contributed by atoms with E-state index in [0.717, 1.165) is 36.1 Å². The molecule has 36 heavy (non-hydrogen) atoms. The Balaban J connectivity index is 1.46. The third-order valence-electron chi connectivity index (χ3n) is 6.58. The molecule has 1 aliphatic heterocycles. The molecule has 0 unspecified atom stereocenters. The van der Waals surface area contributed by atoms with Gasteiger partial charge in [-0.15, -0.1) is 0 Å². The highest BCUT2D eigenvalue weighted by molar-refractivity contribution is 7.91. The number of piperazine rings is 1. The molecule has 1 amide bonds. The van der Waals surface area contributed by atoms with Crippen LogP contribution in [0.2, 0.25) is 5.02 Å². The van der Waals surface area contributed by atoms with E-state index in [4.69, 9.17) is 11.6 Å². The average molecular weight is 533 g/mol. The predicted molar refractivity (Wildman–Crippen MR) is 138 cm³/mol. The zero-order valence-electron chi connectivity index (χ0n) is 20.7. The summed E-state index contributed by atoms with van der Waals surface area (Å²) in [5, 5.41) is 0.0911. The van der Waals surface area contributed by atoms with Crippen molar-refractivity contribution in [3.8, 4) is 0 Å². The Morgan fingerprint density at radius 1 is 1.11 bits per heavy atom. The molecule has 2 aromatic heterocycles. The van der Waals surface area contributed by atoms with Crippen LogP contribution in [0.25, 0.3) is 5.52 Å². The van der Waals surface area contributed by atoms with Gasteiger partial charge in [-0.1, -0.05) is 32.4 Å². The Morgan fingerprint density at radius 3 is 2.42 bits per heavy atom. The Morgan fingerprint density at radius 2 is 1.81 bits per heavy atom. The summed E-state index contributed by atoms with van der Waals surface area (Å²) in [4.78, 5) is 21.8. The molecule has 1 saturated heterocycles. The van der Waals surface area contributed by atoms with Gasteiger partial charge in [0.2, 0.25) is 0 Å². The molecular weight excluding hydrogens is 503 g/mol. The molecule has 1 aliphatic carbocycles. The Kier molecular flexibility index (Phi) is 6.27. The van der Waals surface area contributed by atoms with E-state index in [1.807, 2.05) is 20.8 Å². The number of aromatic nitrogens is 2. The van der Waals surface area contributed by atoms with Gasteiger partial charge in [-0.2, -0.15) is 0 Å². The molecule has 0 bridgehead atoms. The fourth-order valence-electron chi connectivity index (χ4n) is 4.78. The number of rotatable bonds is 5. The van der Waals surface area contributed by atoms with E-state index in [1.165, 1.54) is 12.1 Å². The maximum atomic E-state index is 13.4. The van der Waals surface area contributed by atoms with E-state index in [-0.39, 0.29) is 27.7 Å². The van der Waals surface area contributed by atoms with E-state index >= 15 is 0 Å². The van der Waals surface area contributed by atoms with Crippen molar-refractivity contribution in [1.29, 1.82) is 0 Å². The molecule has 0 N–H and O–H groups in total. The lowest BCUT2D eigenvalue weighted by Crippen LogP contribution is -2.49. The van der Waals surface area contributed by atoms with Crippen LogP contribution in [-0.2, 0) is 9.84 Å². The Bertz CT molecular complexity index is 1440. The number of carbonyl (C=O) groups is 1. The fourth-order valence-corrected chi connectivity index (χ4v) is 6.92. The van der Waals surface area contributed by atoms with Gasteiger partial charge >= 0.3 is 0 Å². The van der Waals surface area contributed by atoms with Crippen molar-refractivity contribution in [3.63, 3.8) is 0 Å². The van der Waals surface area contributed by atoms with Gasteiger partial charge in [0, 0.05) is 32.1 Å². The van der Waals surface area contributed by atoms with Gasteiger partial charge in [-0.05, 0) is 48.6 Å². The molecule has 0 spiro atoms. The first kappa shape index (κ1) is 25.0. The quantitative estimate of drug-likeness (QED) is 0.472. The van der Waals surface area contributed by atoms with E-state index in [1.54, 1.807) is 23.2 Å². The monoisotopic (exact) mass is 532 g/mol. The zero-order valence-corrected chi connectivity index (χ0v) is 22.2. The molecule has 3 heterocycles. The number of benzene rings is 1. The number of nitrogens with zero attached hydrogens (tertiary/aromatic N) is 4. The second-order valence-corrected chi connectivity index (χ2v) is 13.3. The summed E-state index contributed by atoms with van der Waals surface area (Å²) in [6.45, 7) is 7.64. The van der Waals surface area contributed by atoms with Crippen LogP contribution in [0.4, 0.5) is 10.2 Å². The molecule has 0 radical (unpaired) electrons. The first-order chi connectivity index (χ1) is 16.9. The number of anilines is 1. The maximum absolute atomic E-state index is 13.4. The van der Waals surface area contributed by atoms with Crippen LogP contribution in [0.1, 0.15) is 55.7 Å². The van der Waals surface area contributed by atoms with Gasteiger partial charge in [0.15, 0.2) is 9.84 Å². The molecule has 2 aliphatic rings. The van der Waals surface area contributed by atoms with Gasteiger partial charge in [-0.3, -0.25) is 9.20 Å². The van der Waals surface area contributed by atoms with Crippen molar-refractivity contribution < 1.29 is 17.6 Å². The average Bonchev–Trinajstić information content (AvgIpc) is 3.55. The van der Waals surface area contributed by atoms with Gasteiger partial charge in [-0.25, -0.2) is 17.8 Å². The minimum atomic E-state index is -3.51. The zero-order chi connectivity index (χ0) is 25.8. The summed E-state index contributed by atoms with van der Waals surface area (Å²) < 4.78 is 42.1. The SMILES string of the molecule is CC(C)(C)CS(=O)(=O)c1cc(N2CCN(C(=O)c3ccc(F)cc3Cl)CC2)n2c(C3CC3)ncc2c1. The number of halogens is 2. The van der Waals surface area contributed by atoms with Crippen molar-refractivity contribution in [2.45, 2.75) is 44.4 Å². The molecule has 5 rings (SSSR count). The maximum Gasteiger partial charge on any atom is 0.255 e. The van der Waals surface area contributed by atoms with Crippen molar-refractivity contribution in [1.82, 2.24) is 14.3 Å². The summed E-state index contributed by atoms with van der Waals surface area (Å²) in [5.74, 6) is 1.43. The molecule has 1 saturated carbocycles. The molecule has 2 fully saturated rings. The van der Waals surface area contributed by atoms with Crippen molar-refractivity contribution in [2.24, 2.45) is 5.41 Å². The largest absolute Gasteiger partial charge is 0.354 e. The van der Waals surface area contributed by atoms with Crippen LogP contribution >= 0.6 is 11.6 Å². The lowest BCUT2D eigenvalue weighted by Gasteiger charge is -2.36. The minimum absolute atomic E-state index is 0.0416. The number of carbonyl (C=O) groups excluding carboxylic acids is 1. The van der Waals surface area contributed by atoms with Gasteiger partial charge in [0.25, 0.3) is 5.91 Å². The Hall–Kier alpha value is -2.65. The number of sulfone groups is 1. The number of amides is 1. The number of pyridine rings is 1. The molecule has 10 heteroatoms. The number of hydrogen-bond donors (Lipinski definition) is 0. The number of fused-ring (bicyclic) bond motifs is 1. The molecule has 1 aromatic carbocycles. The van der Waals surface area contributed by atoms with Gasteiger partial charge in [0.1, 0.15) is 17.5 Å². The smallest absolute Gasteiger partial charge is 0.255 e. The topological polar surface area (TPSA) is 75.0 Å². The summed E-state index contributed by atoms with van der Waals surface area (Å²) in [7, 11) is -3.51. The van der Waals surface area contributed by atoms with E-state index in [2.05, 4.69) is 14.3 Å². The second kappa shape index (κ2) is 9.03. The summed E-state index contributed by atoms with van der Waals surface area (Å²) in [5.41, 5.74) is 0.659. The second-order valence-electron chi connectivity index (χ2n) is 10.9.